The van der Waals surface area contributed by atoms with Crippen molar-refractivity contribution >= 4 is 12.4 Å². The Kier molecular flexibility index (Phi) is 3.77. The first-order valence-electron chi connectivity index (χ1n) is 4.49. The van der Waals surface area contributed by atoms with Gasteiger partial charge in [-0.25, -0.2) is 4.39 Å². The second kappa shape index (κ2) is 4.68. The van der Waals surface area contributed by atoms with Gasteiger partial charge in [0.25, 0.3) is 0 Å². The Hall–Kier alpha value is -1.00. The summed E-state index contributed by atoms with van der Waals surface area (Å²) < 4.78 is 23.8. The maximum atomic E-state index is 13.4. The summed E-state index contributed by atoms with van der Waals surface area (Å²) in [5, 5.41) is 0. The average Bonchev–Trinajstić information content (AvgIpc) is 2.18. The van der Waals surface area contributed by atoms with E-state index in [0.717, 1.165) is 0 Å². The fourth-order valence-corrected chi connectivity index (χ4v) is 1.64. The highest BCUT2D eigenvalue weighted by Gasteiger charge is 2.25. The predicted molar refractivity (Wildman–Crippen MR) is 57.2 cm³/mol. The van der Waals surface area contributed by atoms with Gasteiger partial charge in [0.2, 0.25) is 0 Å². The Morgan fingerprint density at radius 1 is 1.53 bits per heavy atom. The van der Waals surface area contributed by atoms with Crippen molar-refractivity contribution in [1.29, 1.82) is 0 Å². The zero-order valence-corrected chi connectivity index (χ0v) is 9.14. The van der Waals surface area contributed by atoms with Crippen LogP contribution >= 0.6 is 12.4 Å². The third-order valence-electron chi connectivity index (χ3n) is 2.37. The normalized spacial score (nSPS) is 18.5. The first kappa shape index (κ1) is 12.1. The van der Waals surface area contributed by atoms with Gasteiger partial charge in [-0.3, -0.25) is 0 Å². The van der Waals surface area contributed by atoms with Gasteiger partial charge >= 0.3 is 0 Å². The van der Waals surface area contributed by atoms with E-state index in [1.807, 2.05) is 0 Å². The number of hydrogen-bond acceptors (Lipinski definition) is 3. The maximum Gasteiger partial charge on any atom is 0.168 e. The molecule has 0 aliphatic carbocycles. The van der Waals surface area contributed by atoms with Crippen LogP contribution in [0.15, 0.2) is 12.1 Å². The van der Waals surface area contributed by atoms with Gasteiger partial charge in [-0.1, -0.05) is 0 Å². The number of ether oxygens (including phenoxy) is 2. The molecule has 1 atom stereocenters. The van der Waals surface area contributed by atoms with Crippen molar-refractivity contribution in [3.63, 3.8) is 0 Å². The second-order valence-corrected chi connectivity index (χ2v) is 3.24. The molecular weight excluding hydrogens is 221 g/mol. The van der Waals surface area contributed by atoms with Gasteiger partial charge in [-0.05, 0) is 12.1 Å². The lowest BCUT2D eigenvalue weighted by molar-refractivity contribution is 0.248. The number of methoxy groups -OCH3 is 1. The van der Waals surface area contributed by atoms with Crippen LogP contribution in [0, 0.1) is 5.82 Å². The van der Waals surface area contributed by atoms with E-state index in [4.69, 9.17) is 15.2 Å². The molecular formula is C10H13ClFNO2. The molecule has 1 aromatic rings. The van der Waals surface area contributed by atoms with Crippen LogP contribution in [0.2, 0.25) is 0 Å². The summed E-state index contributed by atoms with van der Waals surface area (Å²) in [7, 11) is 1.52. The van der Waals surface area contributed by atoms with Crippen LogP contribution < -0.4 is 15.2 Å². The SMILES string of the molecule is COc1ccc(F)c2c1OCC[C@@H]2N.Cl. The van der Waals surface area contributed by atoms with Crippen molar-refractivity contribution in [2.75, 3.05) is 13.7 Å². The van der Waals surface area contributed by atoms with Crippen LogP contribution in [0.3, 0.4) is 0 Å². The lowest BCUT2D eigenvalue weighted by Gasteiger charge is -2.24. The third kappa shape index (κ3) is 2.01. The van der Waals surface area contributed by atoms with Crippen molar-refractivity contribution in [1.82, 2.24) is 0 Å². The number of rotatable bonds is 1. The van der Waals surface area contributed by atoms with Crippen LogP contribution in [0.25, 0.3) is 0 Å². The van der Waals surface area contributed by atoms with E-state index in [9.17, 15) is 4.39 Å². The van der Waals surface area contributed by atoms with Crippen LogP contribution in [0.4, 0.5) is 4.39 Å². The van der Waals surface area contributed by atoms with Gasteiger partial charge in [0, 0.05) is 12.5 Å². The molecule has 0 fully saturated rings. The molecule has 0 saturated carbocycles. The molecule has 2 N–H and O–H groups in total. The van der Waals surface area contributed by atoms with Crippen molar-refractivity contribution in [2.24, 2.45) is 5.73 Å². The van der Waals surface area contributed by atoms with Crippen molar-refractivity contribution in [2.45, 2.75) is 12.5 Å². The fourth-order valence-electron chi connectivity index (χ4n) is 1.64. The summed E-state index contributed by atoms with van der Waals surface area (Å²) in [6.45, 7) is 0.508. The van der Waals surface area contributed by atoms with Gasteiger partial charge in [0.05, 0.1) is 19.3 Å². The van der Waals surface area contributed by atoms with Crippen LogP contribution in [0.5, 0.6) is 11.5 Å². The minimum absolute atomic E-state index is 0. The highest BCUT2D eigenvalue weighted by atomic mass is 35.5. The van der Waals surface area contributed by atoms with Crippen molar-refractivity contribution in [3.05, 3.63) is 23.5 Å². The number of halogens is 2. The van der Waals surface area contributed by atoms with Crippen LogP contribution in [-0.2, 0) is 0 Å². The number of hydrogen-bond donors (Lipinski definition) is 1. The molecule has 0 saturated heterocycles. The Labute approximate surface area is 93.8 Å². The molecule has 0 spiro atoms. The Bertz CT molecular complexity index is 360. The monoisotopic (exact) mass is 233 g/mol. The zero-order chi connectivity index (χ0) is 10.1. The quantitative estimate of drug-likeness (QED) is 0.807. The molecule has 0 unspecified atom stereocenters. The minimum Gasteiger partial charge on any atom is -0.493 e. The summed E-state index contributed by atoms with van der Waals surface area (Å²) in [5.74, 6) is 0.663. The van der Waals surface area contributed by atoms with E-state index >= 15 is 0 Å². The lowest BCUT2D eigenvalue weighted by Crippen LogP contribution is -2.22. The number of nitrogens with two attached hydrogens (primary N) is 1. The van der Waals surface area contributed by atoms with Gasteiger partial charge in [0.15, 0.2) is 11.5 Å². The first-order chi connectivity index (χ1) is 6.74. The Balaban J connectivity index is 0.00000112. The van der Waals surface area contributed by atoms with Gasteiger partial charge in [-0.2, -0.15) is 0 Å². The molecule has 3 nitrogen and oxygen atoms in total. The zero-order valence-electron chi connectivity index (χ0n) is 8.33. The number of fused-ring (bicyclic) bond motifs is 1. The molecule has 0 amide bonds. The molecule has 0 bridgehead atoms. The Morgan fingerprint density at radius 2 is 2.27 bits per heavy atom. The molecule has 5 heteroatoms. The van der Waals surface area contributed by atoms with Gasteiger partial charge in [0.1, 0.15) is 5.82 Å². The molecule has 2 rings (SSSR count). The Morgan fingerprint density at radius 3 is 2.93 bits per heavy atom. The largest absolute Gasteiger partial charge is 0.493 e. The van der Waals surface area contributed by atoms with E-state index in [-0.39, 0.29) is 24.3 Å². The van der Waals surface area contributed by atoms with Crippen LogP contribution in [-0.4, -0.2) is 13.7 Å². The predicted octanol–water partition coefficient (Wildman–Crippen LogP) is 2.04. The van der Waals surface area contributed by atoms with Gasteiger partial charge < -0.3 is 15.2 Å². The van der Waals surface area contributed by atoms with E-state index in [1.165, 1.54) is 13.2 Å². The van der Waals surface area contributed by atoms with Crippen LogP contribution in [0.1, 0.15) is 18.0 Å². The number of benzene rings is 1. The summed E-state index contributed by atoms with van der Waals surface area (Å²) in [6.07, 6.45) is 0.636. The highest BCUT2D eigenvalue weighted by Crippen LogP contribution is 2.39. The summed E-state index contributed by atoms with van der Waals surface area (Å²) in [5.41, 5.74) is 6.22. The lowest BCUT2D eigenvalue weighted by atomic mass is 10.0. The second-order valence-electron chi connectivity index (χ2n) is 3.24. The van der Waals surface area contributed by atoms with Crippen molar-refractivity contribution < 1.29 is 13.9 Å². The molecule has 1 aliphatic rings. The standard InChI is InChI=1S/C10H12FNO2.ClH/c1-13-8-3-2-6(11)9-7(12)4-5-14-10(8)9;/h2-3,7H,4-5,12H2,1H3;1H/t7-;/m0./s1. The molecule has 84 valence electrons. The first-order valence-corrected chi connectivity index (χ1v) is 4.49. The highest BCUT2D eigenvalue weighted by molar-refractivity contribution is 5.85. The topological polar surface area (TPSA) is 44.5 Å². The summed E-state index contributed by atoms with van der Waals surface area (Å²) >= 11 is 0. The van der Waals surface area contributed by atoms with E-state index in [1.54, 1.807) is 6.07 Å². The van der Waals surface area contributed by atoms with E-state index in [2.05, 4.69) is 0 Å². The van der Waals surface area contributed by atoms with Gasteiger partial charge in [-0.15, -0.1) is 12.4 Å². The van der Waals surface area contributed by atoms with E-state index in [0.29, 0.717) is 30.1 Å². The smallest absolute Gasteiger partial charge is 0.168 e. The molecule has 15 heavy (non-hydrogen) atoms. The minimum atomic E-state index is -0.326. The summed E-state index contributed by atoms with van der Waals surface area (Å²) in [4.78, 5) is 0. The maximum absolute atomic E-state index is 13.4. The molecule has 1 aliphatic heterocycles. The van der Waals surface area contributed by atoms with Crippen molar-refractivity contribution in [3.8, 4) is 11.5 Å². The molecule has 1 aromatic carbocycles. The molecule has 1 heterocycles. The molecule has 0 aromatic heterocycles. The van der Waals surface area contributed by atoms with E-state index < -0.39 is 0 Å². The fraction of sp³-hybridized carbons (Fsp3) is 0.400. The molecule has 0 radical (unpaired) electrons. The average molecular weight is 234 g/mol. The summed E-state index contributed by atoms with van der Waals surface area (Å²) in [6, 6.07) is 2.60. The third-order valence-corrected chi connectivity index (χ3v) is 2.37.